The summed E-state index contributed by atoms with van der Waals surface area (Å²) in [4.78, 5) is 2.38. The van der Waals surface area contributed by atoms with E-state index in [1.54, 1.807) is 0 Å². The quantitative estimate of drug-likeness (QED) is 0.602. The molecule has 1 N–H and O–H groups in total. The average Bonchev–Trinajstić information content (AvgIpc) is 2.30. The Balaban J connectivity index is 1.97. The third-order valence-electron chi connectivity index (χ3n) is 3.18. The standard InChI is InChI=1S/C9H18N2/c1-11(2)9-5-7-3-4-8(6-9)10-7/h7-10H,3-6H2,1-2H3/t7-,8+,9+. The zero-order valence-electron chi connectivity index (χ0n) is 7.51. The second kappa shape index (κ2) is 2.76. The number of hydrogen-bond donors (Lipinski definition) is 1. The van der Waals surface area contributed by atoms with Gasteiger partial charge in [-0.25, -0.2) is 0 Å². The van der Waals surface area contributed by atoms with Gasteiger partial charge in [0.05, 0.1) is 0 Å². The highest BCUT2D eigenvalue weighted by atomic mass is 15.1. The summed E-state index contributed by atoms with van der Waals surface area (Å²) < 4.78 is 0. The highest BCUT2D eigenvalue weighted by Gasteiger charge is 2.33. The van der Waals surface area contributed by atoms with Crippen molar-refractivity contribution in [3.63, 3.8) is 0 Å². The SMILES string of the molecule is CN(C)[C@H]1C[C@H]2CC[C@@H](C1)N2. The molecule has 0 unspecified atom stereocenters. The Morgan fingerprint density at radius 2 is 1.64 bits per heavy atom. The van der Waals surface area contributed by atoms with Crippen LogP contribution in [-0.2, 0) is 0 Å². The zero-order valence-corrected chi connectivity index (χ0v) is 7.51. The molecule has 2 aliphatic rings. The Kier molecular flexibility index (Phi) is 1.90. The number of piperidine rings is 1. The van der Waals surface area contributed by atoms with Crippen LogP contribution in [0, 0.1) is 0 Å². The summed E-state index contributed by atoms with van der Waals surface area (Å²) in [5.41, 5.74) is 0. The monoisotopic (exact) mass is 154 g/mol. The van der Waals surface area contributed by atoms with Gasteiger partial charge >= 0.3 is 0 Å². The van der Waals surface area contributed by atoms with Crippen molar-refractivity contribution in [1.82, 2.24) is 10.2 Å². The molecule has 0 amide bonds. The summed E-state index contributed by atoms with van der Waals surface area (Å²) in [6.07, 6.45) is 5.55. The molecule has 0 radical (unpaired) electrons. The van der Waals surface area contributed by atoms with Crippen molar-refractivity contribution in [3.8, 4) is 0 Å². The van der Waals surface area contributed by atoms with Crippen molar-refractivity contribution in [2.75, 3.05) is 14.1 Å². The minimum absolute atomic E-state index is 0.834. The van der Waals surface area contributed by atoms with Gasteiger partial charge in [-0.15, -0.1) is 0 Å². The van der Waals surface area contributed by atoms with E-state index in [-0.39, 0.29) is 0 Å². The average molecular weight is 154 g/mol. The van der Waals surface area contributed by atoms with Crippen LogP contribution in [0.15, 0.2) is 0 Å². The van der Waals surface area contributed by atoms with E-state index in [2.05, 4.69) is 24.3 Å². The third kappa shape index (κ3) is 1.42. The second-order valence-electron chi connectivity index (χ2n) is 4.23. The van der Waals surface area contributed by atoms with Gasteiger partial charge in [0.25, 0.3) is 0 Å². The Labute approximate surface area is 69.0 Å². The van der Waals surface area contributed by atoms with E-state index >= 15 is 0 Å². The summed E-state index contributed by atoms with van der Waals surface area (Å²) in [5, 5.41) is 3.65. The number of fused-ring (bicyclic) bond motifs is 2. The van der Waals surface area contributed by atoms with Crippen LogP contribution >= 0.6 is 0 Å². The van der Waals surface area contributed by atoms with Crippen LogP contribution in [0.5, 0.6) is 0 Å². The lowest BCUT2D eigenvalue weighted by Crippen LogP contribution is -2.45. The van der Waals surface area contributed by atoms with Gasteiger partial charge in [-0.1, -0.05) is 0 Å². The van der Waals surface area contributed by atoms with Gasteiger partial charge in [0, 0.05) is 18.1 Å². The smallest absolute Gasteiger partial charge is 0.0119 e. The molecule has 2 saturated heterocycles. The molecule has 3 atom stereocenters. The molecule has 2 bridgehead atoms. The second-order valence-corrected chi connectivity index (χ2v) is 4.23. The Morgan fingerprint density at radius 1 is 1.09 bits per heavy atom. The lowest BCUT2D eigenvalue weighted by molar-refractivity contribution is 0.203. The van der Waals surface area contributed by atoms with E-state index in [0.717, 1.165) is 18.1 Å². The first-order valence-corrected chi connectivity index (χ1v) is 4.68. The fraction of sp³-hybridized carbons (Fsp3) is 1.00. The van der Waals surface area contributed by atoms with Crippen LogP contribution in [-0.4, -0.2) is 37.1 Å². The molecular formula is C9H18N2. The van der Waals surface area contributed by atoms with Crippen molar-refractivity contribution in [2.45, 2.75) is 43.8 Å². The molecule has 2 heteroatoms. The van der Waals surface area contributed by atoms with E-state index in [0.29, 0.717) is 0 Å². The van der Waals surface area contributed by atoms with Crippen molar-refractivity contribution >= 4 is 0 Å². The molecule has 0 saturated carbocycles. The summed E-state index contributed by atoms with van der Waals surface area (Å²) in [5.74, 6) is 0. The van der Waals surface area contributed by atoms with E-state index in [9.17, 15) is 0 Å². The minimum Gasteiger partial charge on any atom is -0.311 e. The molecule has 64 valence electrons. The maximum absolute atomic E-state index is 3.65. The zero-order chi connectivity index (χ0) is 7.84. The molecule has 0 spiro atoms. The minimum atomic E-state index is 0.834. The van der Waals surface area contributed by atoms with E-state index in [1.807, 2.05) is 0 Å². The van der Waals surface area contributed by atoms with Gasteiger partial charge in [-0.2, -0.15) is 0 Å². The molecule has 2 fully saturated rings. The van der Waals surface area contributed by atoms with Crippen LogP contribution in [0.3, 0.4) is 0 Å². The lowest BCUT2D eigenvalue weighted by atomic mass is 9.99. The fourth-order valence-electron chi connectivity index (χ4n) is 2.45. The molecular weight excluding hydrogens is 136 g/mol. The first kappa shape index (κ1) is 7.56. The van der Waals surface area contributed by atoms with Gasteiger partial charge in [-0.05, 0) is 39.8 Å². The highest BCUT2D eigenvalue weighted by molar-refractivity contribution is 4.94. The van der Waals surface area contributed by atoms with Gasteiger partial charge in [0.2, 0.25) is 0 Å². The van der Waals surface area contributed by atoms with Crippen LogP contribution in [0.2, 0.25) is 0 Å². The summed E-state index contributed by atoms with van der Waals surface area (Å²) >= 11 is 0. The van der Waals surface area contributed by atoms with Crippen LogP contribution in [0.1, 0.15) is 25.7 Å². The third-order valence-corrected chi connectivity index (χ3v) is 3.18. The molecule has 2 heterocycles. The van der Waals surface area contributed by atoms with Crippen LogP contribution in [0.25, 0.3) is 0 Å². The maximum atomic E-state index is 3.65. The molecule has 11 heavy (non-hydrogen) atoms. The van der Waals surface area contributed by atoms with Crippen molar-refractivity contribution < 1.29 is 0 Å². The first-order valence-electron chi connectivity index (χ1n) is 4.68. The Bertz CT molecular complexity index is 132. The molecule has 2 aliphatic heterocycles. The summed E-state index contributed by atoms with van der Waals surface area (Å²) in [6, 6.07) is 2.51. The van der Waals surface area contributed by atoms with Gasteiger partial charge in [-0.3, -0.25) is 0 Å². The maximum Gasteiger partial charge on any atom is 0.0119 e. The van der Waals surface area contributed by atoms with Crippen molar-refractivity contribution in [2.24, 2.45) is 0 Å². The number of nitrogens with one attached hydrogen (secondary N) is 1. The lowest BCUT2D eigenvalue weighted by Gasteiger charge is -2.33. The topological polar surface area (TPSA) is 15.3 Å². The Morgan fingerprint density at radius 3 is 2.09 bits per heavy atom. The predicted octanol–water partition coefficient (Wildman–Crippen LogP) is 0.831. The van der Waals surface area contributed by atoms with Gasteiger partial charge < -0.3 is 10.2 Å². The van der Waals surface area contributed by atoms with E-state index < -0.39 is 0 Å². The van der Waals surface area contributed by atoms with E-state index in [4.69, 9.17) is 0 Å². The molecule has 2 nitrogen and oxygen atoms in total. The number of rotatable bonds is 1. The normalized spacial score (nSPS) is 43.4. The van der Waals surface area contributed by atoms with E-state index in [1.165, 1.54) is 25.7 Å². The van der Waals surface area contributed by atoms with Crippen molar-refractivity contribution in [1.29, 1.82) is 0 Å². The largest absolute Gasteiger partial charge is 0.311 e. The number of hydrogen-bond acceptors (Lipinski definition) is 2. The highest BCUT2D eigenvalue weighted by Crippen LogP contribution is 2.28. The summed E-state index contributed by atoms with van der Waals surface area (Å²) in [7, 11) is 4.41. The molecule has 0 aliphatic carbocycles. The van der Waals surface area contributed by atoms with Crippen LogP contribution in [0.4, 0.5) is 0 Å². The fourth-order valence-corrected chi connectivity index (χ4v) is 2.45. The van der Waals surface area contributed by atoms with Crippen LogP contribution < -0.4 is 5.32 Å². The Hall–Kier alpha value is -0.0800. The molecule has 0 aromatic carbocycles. The molecule has 0 aromatic heterocycles. The predicted molar refractivity (Wildman–Crippen MR) is 46.7 cm³/mol. The first-order chi connectivity index (χ1) is 5.25. The summed E-state index contributed by atoms with van der Waals surface area (Å²) in [6.45, 7) is 0. The molecule has 0 aromatic rings. The number of nitrogens with zero attached hydrogens (tertiary/aromatic N) is 1. The van der Waals surface area contributed by atoms with Gasteiger partial charge in [0.15, 0.2) is 0 Å². The molecule has 2 rings (SSSR count). The van der Waals surface area contributed by atoms with Crippen molar-refractivity contribution in [3.05, 3.63) is 0 Å². The van der Waals surface area contributed by atoms with Gasteiger partial charge in [0.1, 0.15) is 0 Å².